The van der Waals surface area contributed by atoms with E-state index >= 15 is 0 Å². The number of nitrogens with one attached hydrogen (secondary N) is 1. The number of nitrogens with zero attached hydrogens (tertiary/aromatic N) is 3. The van der Waals surface area contributed by atoms with Gasteiger partial charge in [0.2, 0.25) is 4.77 Å². The van der Waals surface area contributed by atoms with Crippen molar-refractivity contribution in [1.82, 2.24) is 14.9 Å². The van der Waals surface area contributed by atoms with E-state index in [1.807, 2.05) is 18.2 Å². The largest absolute Gasteiger partial charge is 0.493 e. The number of H-pyrrole nitrogens is 1. The summed E-state index contributed by atoms with van der Waals surface area (Å²) in [5.74, 6) is 1.96. The summed E-state index contributed by atoms with van der Waals surface area (Å²) in [4.78, 5) is 0. The molecule has 0 fully saturated rings. The first kappa shape index (κ1) is 22.3. The number of hydrogen-bond donors (Lipinski definition) is 1. The fourth-order valence-corrected chi connectivity index (χ4v) is 3.47. The van der Waals surface area contributed by atoms with Crippen molar-refractivity contribution >= 4 is 41.6 Å². The van der Waals surface area contributed by atoms with Crippen molar-refractivity contribution in [3.63, 3.8) is 0 Å². The van der Waals surface area contributed by atoms with Crippen molar-refractivity contribution in [2.75, 3.05) is 7.11 Å². The molecule has 3 rings (SSSR count). The Kier molecular flexibility index (Phi) is 7.90. The second kappa shape index (κ2) is 10.6. The number of benzene rings is 2. The van der Waals surface area contributed by atoms with Crippen LogP contribution in [0, 0.1) is 4.77 Å². The molecule has 6 nitrogen and oxygen atoms in total. The number of rotatable bonds is 9. The van der Waals surface area contributed by atoms with Gasteiger partial charge in [-0.1, -0.05) is 42.6 Å². The van der Waals surface area contributed by atoms with Crippen LogP contribution < -0.4 is 9.47 Å². The van der Waals surface area contributed by atoms with Crippen molar-refractivity contribution in [1.29, 1.82) is 0 Å². The zero-order valence-corrected chi connectivity index (χ0v) is 19.0. The maximum absolute atomic E-state index is 6.21. The second-order valence-corrected chi connectivity index (χ2v) is 7.71. The third kappa shape index (κ3) is 5.41. The summed E-state index contributed by atoms with van der Waals surface area (Å²) in [7, 11) is 1.58. The van der Waals surface area contributed by atoms with Crippen molar-refractivity contribution < 1.29 is 9.47 Å². The summed E-state index contributed by atoms with van der Waals surface area (Å²) in [6.45, 7) is 2.36. The number of methoxy groups -OCH3 is 1. The van der Waals surface area contributed by atoms with E-state index in [9.17, 15) is 0 Å². The Labute approximate surface area is 190 Å². The molecular weight excluding hydrogens is 443 g/mol. The minimum Gasteiger partial charge on any atom is -0.493 e. The van der Waals surface area contributed by atoms with Crippen LogP contribution in [0.1, 0.15) is 36.7 Å². The minimum absolute atomic E-state index is 0.229. The molecule has 9 heteroatoms. The Balaban J connectivity index is 1.77. The van der Waals surface area contributed by atoms with Crippen LogP contribution in [0.3, 0.4) is 0 Å². The highest BCUT2D eigenvalue weighted by Gasteiger charge is 2.10. The molecule has 3 aromatic rings. The van der Waals surface area contributed by atoms with Gasteiger partial charge in [0, 0.05) is 22.0 Å². The lowest BCUT2D eigenvalue weighted by Gasteiger charge is -2.13. The summed E-state index contributed by atoms with van der Waals surface area (Å²) in [5.41, 5.74) is 1.56. The van der Waals surface area contributed by atoms with Crippen molar-refractivity contribution in [3.05, 3.63) is 68.2 Å². The van der Waals surface area contributed by atoms with Crippen LogP contribution in [0.25, 0.3) is 0 Å². The molecule has 0 spiro atoms. The zero-order valence-electron chi connectivity index (χ0n) is 16.7. The molecule has 0 aliphatic rings. The van der Waals surface area contributed by atoms with Gasteiger partial charge in [-0.2, -0.15) is 14.9 Å². The van der Waals surface area contributed by atoms with Crippen LogP contribution in [0.15, 0.2) is 41.5 Å². The lowest BCUT2D eigenvalue weighted by molar-refractivity contribution is 0.284. The van der Waals surface area contributed by atoms with E-state index < -0.39 is 0 Å². The van der Waals surface area contributed by atoms with Gasteiger partial charge < -0.3 is 9.47 Å². The highest BCUT2D eigenvalue weighted by atomic mass is 35.5. The van der Waals surface area contributed by atoms with Gasteiger partial charge in [-0.3, -0.25) is 5.10 Å². The van der Waals surface area contributed by atoms with E-state index in [-0.39, 0.29) is 6.61 Å². The molecule has 0 saturated carbocycles. The molecule has 158 valence electrons. The van der Waals surface area contributed by atoms with E-state index in [1.54, 1.807) is 36.2 Å². The fourth-order valence-electron chi connectivity index (χ4n) is 2.77. The van der Waals surface area contributed by atoms with Crippen LogP contribution in [0.4, 0.5) is 0 Å². The molecule has 0 bridgehead atoms. The Bertz CT molecular complexity index is 1070. The Morgan fingerprint density at radius 3 is 2.67 bits per heavy atom. The van der Waals surface area contributed by atoms with Crippen LogP contribution in [-0.4, -0.2) is 28.2 Å². The smallest absolute Gasteiger partial charge is 0.216 e. The molecule has 30 heavy (non-hydrogen) atoms. The maximum atomic E-state index is 6.21. The highest BCUT2D eigenvalue weighted by molar-refractivity contribution is 7.71. The molecule has 0 unspecified atom stereocenters. The fraction of sp³-hybridized carbons (Fsp3) is 0.286. The Morgan fingerprint density at radius 1 is 1.20 bits per heavy atom. The zero-order chi connectivity index (χ0) is 21.5. The molecule has 1 N–H and O–H groups in total. The molecule has 0 aliphatic heterocycles. The average molecular weight is 465 g/mol. The van der Waals surface area contributed by atoms with Crippen LogP contribution in [0.5, 0.6) is 11.5 Å². The van der Waals surface area contributed by atoms with Crippen LogP contribution >= 0.6 is 35.4 Å². The van der Waals surface area contributed by atoms with Gasteiger partial charge in [0.25, 0.3) is 0 Å². The molecule has 2 aromatic carbocycles. The quantitative estimate of drug-likeness (QED) is 0.308. The van der Waals surface area contributed by atoms with Crippen LogP contribution in [0.2, 0.25) is 10.0 Å². The topological polar surface area (TPSA) is 64.4 Å². The van der Waals surface area contributed by atoms with Crippen molar-refractivity contribution in [2.24, 2.45) is 5.10 Å². The number of halogens is 2. The van der Waals surface area contributed by atoms with E-state index in [1.165, 1.54) is 0 Å². The van der Waals surface area contributed by atoms with E-state index in [0.29, 0.717) is 26.3 Å². The molecule has 0 saturated heterocycles. The first-order valence-electron chi connectivity index (χ1n) is 9.47. The number of aromatic nitrogens is 3. The molecule has 0 radical (unpaired) electrons. The van der Waals surface area contributed by atoms with Gasteiger partial charge in [-0.15, -0.1) is 0 Å². The molecule has 1 heterocycles. The molecule has 0 aliphatic carbocycles. The lowest BCUT2D eigenvalue weighted by Crippen LogP contribution is -2.01. The van der Waals surface area contributed by atoms with Gasteiger partial charge in [0.15, 0.2) is 17.3 Å². The maximum Gasteiger partial charge on any atom is 0.216 e. The van der Waals surface area contributed by atoms with Gasteiger partial charge in [0.05, 0.1) is 13.3 Å². The lowest BCUT2D eigenvalue weighted by atomic mass is 10.2. The Hall–Kier alpha value is -2.35. The molecule has 0 amide bonds. The van der Waals surface area contributed by atoms with E-state index in [0.717, 1.165) is 36.2 Å². The number of ether oxygens (including phenoxy) is 2. The molecule has 1 aromatic heterocycles. The summed E-state index contributed by atoms with van der Waals surface area (Å²) < 4.78 is 13.5. The number of aromatic amines is 1. The SMILES string of the molecule is CCCCc1n[nH]c(=S)n1N=Cc1ccc(OCc2c(Cl)cccc2Cl)c(OC)c1. The normalized spacial score (nSPS) is 11.2. The second-order valence-electron chi connectivity index (χ2n) is 6.50. The highest BCUT2D eigenvalue weighted by Crippen LogP contribution is 2.31. The Morgan fingerprint density at radius 2 is 1.97 bits per heavy atom. The first-order chi connectivity index (χ1) is 14.5. The van der Waals surface area contributed by atoms with Crippen LogP contribution in [-0.2, 0) is 13.0 Å². The van der Waals surface area contributed by atoms with Gasteiger partial charge in [-0.25, -0.2) is 0 Å². The predicted octanol–water partition coefficient (Wildman–Crippen LogP) is 6.06. The van der Waals surface area contributed by atoms with Crippen molar-refractivity contribution in [3.8, 4) is 11.5 Å². The predicted molar refractivity (Wildman–Crippen MR) is 123 cm³/mol. The monoisotopic (exact) mass is 464 g/mol. The van der Waals surface area contributed by atoms with Gasteiger partial charge in [-0.05, 0) is 54.5 Å². The molecular formula is C21H22Cl2N4O2S. The summed E-state index contributed by atoms with van der Waals surface area (Å²) in [6.07, 6.45) is 4.60. The summed E-state index contributed by atoms with van der Waals surface area (Å²) in [5, 5.41) is 12.6. The first-order valence-corrected chi connectivity index (χ1v) is 10.6. The van der Waals surface area contributed by atoms with E-state index in [2.05, 4.69) is 22.2 Å². The van der Waals surface area contributed by atoms with Gasteiger partial charge >= 0.3 is 0 Å². The van der Waals surface area contributed by atoms with Gasteiger partial charge in [0.1, 0.15) is 6.61 Å². The number of hydrogen-bond acceptors (Lipinski definition) is 5. The standard InChI is InChI=1S/C21H22Cl2N4O2S/c1-3-4-8-20-25-26-21(30)27(20)24-12-14-9-10-18(19(11-14)28-2)29-13-15-16(22)6-5-7-17(15)23/h5-7,9-12H,3-4,8,13H2,1-2H3,(H,26,30). The number of aryl methyl sites for hydroxylation is 1. The van der Waals surface area contributed by atoms with E-state index in [4.69, 9.17) is 44.9 Å². The number of unbranched alkanes of at least 4 members (excludes halogenated alkanes) is 1. The third-order valence-corrected chi connectivity index (χ3v) is 5.39. The average Bonchev–Trinajstić information content (AvgIpc) is 3.10. The molecule has 0 atom stereocenters. The minimum atomic E-state index is 0.229. The summed E-state index contributed by atoms with van der Waals surface area (Å²) in [6, 6.07) is 10.9. The third-order valence-electron chi connectivity index (χ3n) is 4.42. The van der Waals surface area contributed by atoms with Crippen molar-refractivity contribution in [2.45, 2.75) is 32.8 Å². The summed E-state index contributed by atoms with van der Waals surface area (Å²) >= 11 is 17.7.